The number of carbonyl (C=O) groups excluding carboxylic acids is 1. The topological polar surface area (TPSA) is 77.1 Å². The summed E-state index contributed by atoms with van der Waals surface area (Å²) in [6.07, 6.45) is 15.7. The molecular weight excluding hydrogens is 500 g/mol. The molecule has 0 bridgehead atoms. The number of methoxy groups -OCH3 is 1. The second-order valence-electron chi connectivity index (χ2n) is 12.4. The van der Waals surface area contributed by atoms with Gasteiger partial charge in [-0.15, -0.1) is 0 Å². The SMILES string of the molecule is COC1(C2C=CC(c3cc4c(N5CCN(C(=O)C6CC(C#N)C6)CC5)ccnn4c3)=CC2)CCCN(C(C)C)C1. The first kappa shape index (κ1) is 27.0. The molecule has 8 nitrogen and oxygen atoms in total. The van der Waals surface area contributed by atoms with Gasteiger partial charge < -0.3 is 14.5 Å². The van der Waals surface area contributed by atoms with Gasteiger partial charge in [-0.2, -0.15) is 10.4 Å². The number of hydrogen-bond acceptors (Lipinski definition) is 6. The average Bonchev–Trinajstić information content (AvgIpc) is 3.41. The van der Waals surface area contributed by atoms with E-state index in [-0.39, 0.29) is 23.3 Å². The van der Waals surface area contributed by atoms with Gasteiger partial charge in [0.15, 0.2) is 0 Å². The van der Waals surface area contributed by atoms with Gasteiger partial charge >= 0.3 is 0 Å². The van der Waals surface area contributed by atoms with E-state index in [9.17, 15) is 4.79 Å². The molecule has 1 amide bonds. The molecule has 4 heterocycles. The molecule has 2 atom stereocenters. The van der Waals surface area contributed by atoms with E-state index >= 15 is 0 Å². The highest BCUT2D eigenvalue weighted by molar-refractivity contribution is 5.83. The number of carbonyl (C=O) groups is 1. The first-order valence-electron chi connectivity index (χ1n) is 15.0. The summed E-state index contributed by atoms with van der Waals surface area (Å²) in [7, 11) is 1.89. The van der Waals surface area contributed by atoms with Crippen LogP contribution >= 0.6 is 0 Å². The predicted molar refractivity (Wildman–Crippen MR) is 157 cm³/mol. The van der Waals surface area contributed by atoms with Crippen molar-refractivity contribution < 1.29 is 9.53 Å². The fourth-order valence-corrected chi connectivity index (χ4v) is 7.15. The van der Waals surface area contributed by atoms with Crippen LogP contribution in [-0.4, -0.2) is 83.3 Å². The summed E-state index contributed by atoms with van der Waals surface area (Å²) in [5.41, 5.74) is 4.55. The molecule has 2 aromatic heterocycles. The number of hydrogen-bond donors (Lipinski definition) is 0. The van der Waals surface area contributed by atoms with E-state index in [4.69, 9.17) is 10.00 Å². The van der Waals surface area contributed by atoms with Gasteiger partial charge in [-0.25, -0.2) is 4.52 Å². The highest BCUT2D eigenvalue weighted by atomic mass is 16.5. The number of nitrogens with zero attached hydrogens (tertiary/aromatic N) is 6. The number of allylic oxidation sites excluding steroid dienone is 3. The number of ether oxygens (including phenoxy) is 1. The van der Waals surface area contributed by atoms with Gasteiger partial charge in [-0.1, -0.05) is 18.2 Å². The van der Waals surface area contributed by atoms with Crippen LogP contribution < -0.4 is 4.90 Å². The van der Waals surface area contributed by atoms with Crippen LogP contribution in [0.3, 0.4) is 0 Å². The molecule has 2 unspecified atom stereocenters. The number of aromatic nitrogens is 2. The quantitative estimate of drug-likeness (QED) is 0.539. The minimum absolute atomic E-state index is 0.0412. The van der Waals surface area contributed by atoms with Gasteiger partial charge in [0.1, 0.15) is 0 Å². The summed E-state index contributed by atoms with van der Waals surface area (Å²) < 4.78 is 8.23. The third-order valence-electron chi connectivity index (χ3n) is 9.85. The van der Waals surface area contributed by atoms with Crippen molar-refractivity contribution in [1.82, 2.24) is 19.4 Å². The molecule has 6 rings (SSSR count). The fraction of sp³-hybridized carbons (Fsp3) is 0.594. The van der Waals surface area contributed by atoms with Crippen LogP contribution in [0.5, 0.6) is 0 Å². The molecule has 1 saturated carbocycles. The molecule has 0 aromatic carbocycles. The maximum Gasteiger partial charge on any atom is 0.225 e. The van der Waals surface area contributed by atoms with Gasteiger partial charge in [-0.3, -0.25) is 9.69 Å². The molecule has 0 radical (unpaired) electrons. The molecular formula is C32H42N6O2. The summed E-state index contributed by atoms with van der Waals surface area (Å²) in [5.74, 6) is 0.705. The van der Waals surface area contributed by atoms with Crippen LogP contribution in [0.15, 0.2) is 42.8 Å². The summed E-state index contributed by atoms with van der Waals surface area (Å²) in [6.45, 7) is 9.75. The van der Waals surface area contributed by atoms with E-state index in [1.807, 2.05) is 22.7 Å². The lowest BCUT2D eigenvalue weighted by Crippen LogP contribution is -2.55. The van der Waals surface area contributed by atoms with E-state index in [0.717, 1.165) is 76.2 Å². The Morgan fingerprint density at radius 2 is 2.00 bits per heavy atom. The van der Waals surface area contributed by atoms with Crippen LogP contribution in [-0.2, 0) is 9.53 Å². The van der Waals surface area contributed by atoms with E-state index < -0.39 is 0 Å². The van der Waals surface area contributed by atoms with Crippen molar-refractivity contribution in [2.45, 2.75) is 57.6 Å². The Labute approximate surface area is 237 Å². The molecule has 212 valence electrons. The lowest BCUT2D eigenvalue weighted by atomic mass is 9.75. The highest BCUT2D eigenvalue weighted by Gasteiger charge is 2.42. The minimum Gasteiger partial charge on any atom is -0.376 e. The second kappa shape index (κ2) is 11.0. The van der Waals surface area contributed by atoms with Crippen molar-refractivity contribution in [3.8, 4) is 6.07 Å². The van der Waals surface area contributed by atoms with Gasteiger partial charge in [-0.05, 0) is 70.2 Å². The first-order valence-corrected chi connectivity index (χ1v) is 15.0. The number of likely N-dealkylation sites (tertiary alicyclic amines) is 1. The number of rotatable bonds is 6. The van der Waals surface area contributed by atoms with Crippen molar-refractivity contribution in [3.63, 3.8) is 0 Å². The zero-order chi connectivity index (χ0) is 27.9. The number of amides is 1. The Bertz CT molecular complexity index is 1340. The molecule has 2 aromatic rings. The number of piperazine rings is 1. The maximum atomic E-state index is 12.8. The molecule has 40 heavy (non-hydrogen) atoms. The number of nitriles is 1. The van der Waals surface area contributed by atoms with E-state index in [0.29, 0.717) is 12.0 Å². The zero-order valence-corrected chi connectivity index (χ0v) is 24.1. The van der Waals surface area contributed by atoms with Crippen LogP contribution in [0.1, 0.15) is 51.5 Å². The van der Waals surface area contributed by atoms with Gasteiger partial charge in [0.05, 0.1) is 22.9 Å². The largest absolute Gasteiger partial charge is 0.376 e. The predicted octanol–water partition coefficient (Wildman–Crippen LogP) is 4.38. The zero-order valence-electron chi connectivity index (χ0n) is 24.1. The smallest absolute Gasteiger partial charge is 0.225 e. The Morgan fingerprint density at radius 3 is 2.67 bits per heavy atom. The van der Waals surface area contributed by atoms with Crippen molar-refractivity contribution in [3.05, 3.63) is 48.3 Å². The number of fused-ring (bicyclic) bond motifs is 1. The van der Waals surface area contributed by atoms with E-state index in [2.05, 4.69) is 71.4 Å². The van der Waals surface area contributed by atoms with Crippen molar-refractivity contribution in [2.24, 2.45) is 17.8 Å². The molecule has 8 heteroatoms. The summed E-state index contributed by atoms with van der Waals surface area (Å²) in [4.78, 5) is 19.8. The number of piperidine rings is 1. The van der Waals surface area contributed by atoms with Crippen LogP contribution in [0.4, 0.5) is 5.69 Å². The molecule has 3 fully saturated rings. The summed E-state index contributed by atoms with van der Waals surface area (Å²) in [6, 6.07) is 7.16. The normalized spacial score (nSPS) is 29.4. The van der Waals surface area contributed by atoms with E-state index in [1.165, 1.54) is 17.6 Å². The lowest BCUT2D eigenvalue weighted by Gasteiger charge is -2.47. The Morgan fingerprint density at radius 1 is 1.20 bits per heavy atom. The summed E-state index contributed by atoms with van der Waals surface area (Å²) >= 11 is 0. The van der Waals surface area contributed by atoms with Crippen molar-refractivity contribution in [1.29, 1.82) is 5.26 Å². The Balaban J connectivity index is 1.13. The van der Waals surface area contributed by atoms with Crippen LogP contribution in [0.2, 0.25) is 0 Å². The third-order valence-corrected chi connectivity index (χ3v) is 9.85. The Hall–Kier alpha value is -3.15. The highest BCUT2D eigenvalue weighted by Crippen LogP contribution is 2.40. The molecule has 2 aliphatic heterocycles. The average molecular weight is 543 g/mol. The van der Waals surface area contributed by atoms with Gasteiger partial charge in [0.2, 0.25) is 5.91 Å². The fourth-order valence-electron chi connectivity index (χ4n) is 7.15. The molecule has 2 aliphatic carbocycles. The van der Waals surface area contributed by atoms with E-state index in [1.54, 1.807) is 0 Å². The number of anilines is 1. The monoisotopic (exact) mass is 542 g/mol. The lowest BCUT2D eigenvalue weighted by molar-refractivity contribution is -0.139. The maximum absolute atomic E-state index is 12.8. The Kier molecular flexibility index (Phi) is 7.45. The van der Waals surface area contributed by atoms with Gasteiger partial charge in [0.25, 0.3) is 0 Å². The van der Waals surface area contributed by atoms with Gasteiger partial charge in [0, 0.05) is 81.6 Å². The van der Waals surface area contributed by atoms with Crippen LogP contribution in [0.25, 0.3) is 11.1 Å². The van der Waals surface area contributed by atoms with Crippen LogP contribution in [0, 0.1) is 29.1 Å². The standard InChI is InChI=1S/C32H42N6O2/c1-23(2)37-12-4-10-32(22-37,40-3)28-7-5-25(6-8-28)27-19-30-29(9-11-34-38(30)21-27)35-13-15-36(16-14-35)31(39)26-17-24(18-26)20-33/h5-7,9,11,19,21,23-24,26,28H,4,8,10,12-18,22H2,1-3H3. The minimum atomic E-state index is -0.124. The summed E-state index contributed by atoms with van der Waals surface area (Å²) in [5, 5.41) is 13.6. The molecule has 2 saturated heterocycles. The van der Waals surface area contributed by atoms with Crippen molar-refractivity contribution in [2.75, 3.05) is 51.3 Å². The first-order chi connectivity index (χ1) is 19.4. The molecule has 0 N–H and O–H groups in total. The molecule has 0 spiro atoms. The molecule has 4 aliphatic rings. The third kappa shape index (κ3) is 4.95. The second-order valence-corrected chi connectivity index (χ2v) is 12.4. The van der Waals surface area contributed by atoms with Crippen molar-refractivity contribution >= 4 is 22.7 Å².